The molecule has 4 aromatic carbocycles. The van der Waals surface area contributed by atoms with Crippen LogP contribution in [0.25, 0.3) is 10.4 Å². The van der Waals surface area contributed by atoms with Crippen LogP contribution in [0.1, 0.15) is 34.8 Å². The number of amides is 1. The molecule has 13 heteroatoms. The summed E-state index contributed by atoms with van der Waals surface area (Å²) in [5.74, 6) is 1.49. The molecule has 0 fully saturated rings. The third kappa shape index (κ3) is 7.72. The molecule has 4 aromatic rings. The predicted octanol–water partition coefficient (Wildman–Crippen LogP) is 6.49. The Morgan fingerprint density at radius 3 is 2.52 bits per heavy atom. The minimum atomic E-state index is -1.55. The average molecular weight is 716 g/mol. The molecule has 0 radical (unpaired) electrons. The van der Waals surface area contributed by atoms with Crippen LogP contribution in [-0.2, 0) is 22.5 Å². The number of aliphatic imine (C=N–C) groups is 1. The van der Waals surface area contributed by atoms with Crippen molar-refractivity contribution in [2.24, 2.45) is 10.1 Å². The molecule has 1 aliphatic heterocycles. The zero-order valence-corrected chi connectivity index (χ0v) is 28.0. The van der Waals surface area contributed by atoms with Crippen molar-refractivity contribution in [1.29, 1.82) is 0 Å². The summed E-state index contributed by atoms with van der Waals surface area (Å²) >= 11 is 3.49. The number of ether oxygens (including phenoxy) is 4. The molecule has 2 atom stereocenters. The number of carbonyl (C=O) groups excluding carboxylic acids is 1. The largest absolute Gasteiger partial charge is 0.494 e. The lowest BCUT2D eigenvalue weighted by Crippen LogP contribution is -2.53. The van der Waals surface area contributed by atoms with Crippen molar-refractivity contribution < 1.29 is 28.8 Å². The first-order chi connectivity index (χ1) is 23.4. The number of halogens is 1. The first-order valence-corrected chi connectivity index (χ1v) is 15.9. The van der Waals surface area contributed by atoms with Crippen molar-refractivity contribution in [1.82, 2.24) is 10.9 Å². The van der Waals surface area contributed by atoms with Crippen LogP contribution in [0, 0.1) is 0 Å². The number of hydrazine groups is 1. The molecule has 248 valence electrons. The highest BCUT2D eigenvalue weighted by atomic mass is 79.9. The summed E-state index contributed by atoms with van der Waals surface area (Å²) in [6, 6.07) is 27.2. The number of carbonyl (C=O) groups is 1. The van der Waals surface area contributed by atoms with Gasteiger partial charge in [-0.25, -0.2) is 10.4 Å². The van der Waals surface area contributed by atoms with Crippen molar-refractivity contribution in [2.45, 2.75) is 31.0 Å². The van der Waals surface area contributed by atoms with Gasteiger partial charge in [0.2, 0.25) is 5.90 Å². The van der Waals surface area contributed by atoms with Gasteiger partial charge in [0.25, 0.3) is 5.91 Å². The number of nitrogens with zero attached hydrogens (tertiary/aromatic N) is 4. The second-order valence-corrected chi connectivity index (χ2v) is 11.7. The number of para-hydroxylation sites is 1. The van der Waals surface area contributed by atoms with E-state index in [0.717, 1.165) is 15.6 Å². The van der Waals surface area contributed by atoms with Crippen LogP contribution in [0.4, 0.5) is 5.69 Å². The van der Waals surface area contributed by atoms with Gasteiger partial charge in [-0.05, 0) is 53.6 Å². The Bertz CT molecular complexity index is 1800. The summed E-state index contributed by atoms with van der Waals surface area (Å²) in [6.07, 6.45) is -0.320. The zero-order chi connectivity index (χ0) is 33.9. The fourth-order valence-corrected chi connectivity index (χ4v) is 5.71. The van der Waals surface area contributed by atoms with Gasteiger partial charge in [-0.1, -0.05) is 69.6 Å². The molecule has 0 unspecified atom stereocenters. The monoisotopic (exact) mass is 714 g/mol. The highest BCUT2D eigenvalue weighted by Crippen LogP contribution is 2.45. The Hall–Kier alpha value is -5.07. The van der Waals surface area contributed by atoms with Crippen LogP contribution in [0.15, 0.2) is 106 Å². The van der Waals surface area contributed by atoms with E-state index in [4.69, 9.17) is 29.0 Å². The number of nitrogens with one attached hydrogen (secondary N) is 2. The Morgan fingerprint density at radius 2 is 1.81 bits per heavy atom. The van der Waals surface area contributed by atoms with E-state index in [1.807, 2.05) is 36.4 Å². The van der Waals surface area contributed by atoms with Gasteiger partial charge < -0.3 is 24.1 Å². The second kappa shape index (κ2) is 16.2. The standard InChI is InChI=1S/C35H35BrN6O6/c1-45-30-10-5-7-25(31(30)46-2)22-38-41-34(44)35(21-23-11-15-26(36)16-12-23)32(28-8-3-4-9-29(28)40-42-37)48-33(39-35)24-13-17-27(18-14-24)47-20-6-19-43/h3-5,7-18,32,38,43H,6,19-22H2,1-2H3,(H,41,44)/t32-,35-/m0/s1. The maximum atomic E-state index is 14.6. The van der Waals surface area contributed by atoms with Crippen molar-refractivity contribution in [2.75, 3.05) is 27.4 Å². The number of aliphatic hydroxyl groups is 1. The minimum absolute atomic E-state index is 0.0336. The molecular weight excluding hydrogens is 680 g/mol. The highest BCUT2D eigenvalue weighted by Gasteiger charge is 2.54. The van der Waals surface area contributed by atoms with E-state index in [0.29, 0.717) is 47.1 Å². The fraction of sp³-hybridized carbons (Fsp3) is 0.257. The van der Waals surface area contributed by atoms with Crippen molar-refractivity contribution in [3.63, 3.8) is 0 Å². The van der Waals surface area contributed by atoms with Crippen LogP contribution in [0.3, 0.4) is 0 Å². The van der Waals surface area contributed by atoms with Crippen LogP contribution < -0.4 is 25.1 Å². The summed E-state index contributed by atoms with van der Waals surface area (Å²) in [6.45, 7) is 0.623. The van der Waals surface area contributed by atoms with Crippen LogP contribution in [0.2, 0.25) is 0 Å². The minimum Gasteiger partial charge on any atom is -0.494 e. The number of azide groups is 1. The molecule has 0 aromatic heterocycles. The molecule has 0 saturated heterocycles. The topological polar surface area (TPSA) is 159 Å². The number of rotatable bonds is 15. The van der Waals surface area contributed by atoms with E-state index in [-0.39, 0.29) is 25.5 Å². The van der Waals surface area contributed by atoms with E-state index in [1.165, 1.54) is 0 Å². The molecule has 0 saturated carbocycles. The maximum Gasteiger partial charge on any atom is 0.266 e. The van der Waals surface area contributed by atoms with Gasteiger partial charge in [0.15, 0.2) is 23.1 Å². The quantitative estimate of drug-likeness (QED) is 0.0417. The highest BCUT2D eigenvalue weighted by molar-refractivity contribution is 9.10. The van der Waals surface area contributed by atoms with E-state index < -0.39 is 17.6 Å². The Kier molecular flexibility index (Phi) is 11.5. The van der Waals surface area contributed by atoms with E-state index >= 15 is 0 Å². The van der Waals surface area contributed by atoms with E-state index in [2.05, 4.69) is 36.8 Å². The van der Waals surface area contributed by atoms with Gasteiger partial charge in [-0.15, -0.1) is 0 Å². The Labute approximate surface area is 286 Å². The molecule has 3 N–H and O–H groups in total. The van der Waals surface area contributed by atoms with Crippen LogP contribution >= 0.6 is 15.9 Å². The van der Waals surface area contributed by atoms with Crippen LogP contribution in [-0.4, -0.2) is 49.9 Å². The fourth-order valence-electron chi connectivity index (χ4n) is 5.44. The molecule has 1 heterocycles. The van der Waals surface area contributed by atoms with Gasteiger partial charge in [0.1, 0.15) is 5.75 Å². The first-order valence-electron chi connectivity index (χ1n) is 15.1. The smallest absolute Gasteiger partial charge is 0.266 e. The third-order valence-electron chi connectivity index (χ3n) is 7.75. The molecule has 0 bridgehead atoms. The van der Waals surface area contributed by atoms with E-state index in [9.17, 15) is 10.3 Å². The number of benzene rings is 4. The van der Waals surface area contributed by atoms with E-state index in [1.54, 1.807) is 68.8 Å². The Morgan fingerprint density at radius 1 is 1.04 bits per heavy atom. The number of hydrogen-bond donors (Lipinski definition) is 3. The summed E-state index contributed by atoms with van der Waals surface area (Å²) in [5, 5.41) is 13.0. The second-order valence-electron chi connectivity index (χ2n) is 10.8. The Balaban J connectivity index is 1.56. The molecule has 48 heavy (non-hydrogen) atoms. The number of aliphatic hydroxyl groups excluding tert-OH is 1. The average Bonchev–Trinajstić information content (AvgIpc) is 3.50. The molecule has 0 aliphatic carbocycles. The van der Waals surface area contributed by atoms with Crippen molar-refractivity contribution in [3.05, 3.63) is 128 Å². The zero-order valence-electron chi connectivity index (χ0n) is 26.4. The lowest BCUT2D eigenvalue weighted by molar-refractivity contribution is -0.130. The molecular formula is C35H35BrN6O6. The van der Waals surface area contributed by atoms with Gasteiger partial charge in [-0.3, -0.25) is 10.2 Å². The lowest BCUT2D eigenvalue weighted by Gasteiger charge is -2.31. The normalized spacial score (nSPS) is 16.7. The summed E-state index contributed by atoms with van der Waals surface area (Å²) in [5.41, 5.74) is 16.8. The molecule has 0 spiro atoms. The van der Waals surface area contributed by atoms with Crippen molar-refractivity contribution >= 4 is 33.4 Å². The maximum absolute atomic E-state index is 14.6. The van der Waals surface area contributed by atoms with Gasteiger partial charge >= 0.3 is 0 Å². The van der Waals surface area contributed by atoms with Gasteiger partial charge in [-0.2, -0.15) is 0 Å². The number of hydrogen-bond acceptors (Lipinski definition) is 9. The molecule has 12 nitrogen and oxygen atoms in total. The predicted molar refractivity (Wildman–Crippen MR) is 184 cm³/mol. The summed E-state index contributed by atoms with van der Waals surface area (Å²) in [7, 11) is 3.11. The summed E-state index contributed by atoms with van der Waals surface area (Å²) < 4.78 is 24.2. The van der Waals surface area contributed by atoms with Crippen LogP contribution in [0.5, 0.6) is 17.2 Å². The summed E-state index contributed by atoms with van der Waals surface area (Å²) in [4.78, 5) is 22.6. The molecule has 1 aliphatic rings. The van der Waals surface area contributed by atoms with Gasteiger partial charge in [0.05, 0.1) is 20.8 Å². The SMILES string of the molecule is COc1cccc(CNNC(=O)[C@@]2(Cc3ccc(Br)cc3)N=C(c3ccc(OCCCO)cc3)O[C@H]2c2ccccc2N=[N+]=[N-])c1OC. The molecule has 1 amide bonds. The first kappa shape index (κ1) is 34.3. The van der Waals surface area contributed by atoms with Crippen molar-refractivity contribution in [3.8, 4) is 17.2 Å². The lowest BCUT2D eigenvalue weighted by atomic mass is 9.81. The number of methoxy groups -OCH3 is 2. The third-order valence-corrected chi connectivity index (χ3v) is 8.28. The van der Waals surface area contributed by atoms with Gasteiger partial charge in [0, 0.05) is 57.8 Å². The molecule has 5 rings (SSSR count).